The molecule has 3 heterocycles. The molecule has 0 saturated heterocycles. The molecule has 11 aromatic rings. The Morgan fingerprint density at radius 3 is 1.47 bits per heavy atom. The van der Waals surface area contributed by atoms with Crippen molar-refractivity contribution in [3.05, 3.63) is 199 Å². The summed E-state index contributed by atoms with van der Waals surface area (Å²) in [4.78, 5) is 7.95. The fourth-order valence-electron chi connectivity index (χ4n) is 8.88. The molecule has 0 fully saturated rings. The second-order valence-corrected chi connectivity index (χ2v) is 13.9. The van der Waals surface area contributed by atoms with Gasteiger partial charge in [-0.25, -0.2) is 9.69 Å². The van der Waals surface area contributed by atoms with Crippen molar-refractivity contribution in [2.45, 2.75) is 0 Å². The predicted molar refractivity (Wildman–Crippen MR) is 227 cm³/mol. The summed E-state index contributed by atoms with van der Waals surface area (Å²) in [5, 5.41) is 6.91. The second-order valence-electron chi connectivity index (χ2n) is 13.9. The molecule has 55 heavy (non-hydrogen) atoms. The Morgan fingerprint density at radius 2 is 0.818 bits per heavy atom. The summed E-state index contributed by atoms with van der Waals surface area (Å²) in [6.07, 6.45) is 0. The Hall–Kier alpha value is -7.86. The zero-order valence-electron chi connectivity index (χ0n) is 29.5. The van der Waals surface area contributed by atoms with Crippen LogP contribution in [0.1, 0.15) is 0 Å². The molecular weight excluding hydrogens is 671 g/mol. The highest BCUT2D eigenvalue weighted by Crippen LogP contribution is 2.46. The smallest absolute Gasteiger partial charge is 0.197 e. The molecule has 0 N–H and O–H groups in total. The molecule has 254 valence electrons. The Labute approximate surface area is 316 Å². The molecule has 0 saturated carbocycles. The zero-order valence-corrected chi connectivity index (χ0v) is 29.5. The van der Waals surface area contributed by atoms with E-state index in [4.69, 9.17) is 13.1 Å². The first-order chi connectivity index (χ1) is 27.2. The highest BCUT2D eigenvalue weighted by atomic mass is 15.0. The van der Waals surface area contributed by atoms with Gasteiger partial charge in [-0.05, 0) is 60.2 Å². The molecule has 0 amide bonds. The fourth-order valence-corrected chi connectivity index (χ4v) is 8.88. The lowest BCUT2D eigenvalue weighted by Gasteiger charge is -2.20. The number of benzene rings is 8. The molecule has 5 nitrogen and oxygen atoms in total. The summed E-state index contributed by atoms with van der Waals surface area (Å²) in [5.74, 6) is 0. The third-order valence-corrected chi connectivity index (χ3v) is 11.1. The van der Waals surface area contributed by atoms with Crippen LogP contribution in [0, 0.1) is 13.1 Å². The van der Waals surface area contributed by atoms with E-state index in [0.717, 1.165) is 82.8 Å². The van der Waals surface area contributed by atoms with Crippen molar-refractivity contribution in [1.29, 1.82) is 0 Å². The normalized spacial score (nSPS) is 11.6. The Balaban J connectivity index is 1.25. The Morgan fingerprint density at radius 1 is 0.345 bits per heavy atom. The van der Waals surface area contributed by atoms with E-state index in [0.29, 0.717) is 11.4 Å². The fraction of sp³-hybridized carbons (Fsp3) is 0. The van der Waals surface area contributed by atoms with Crippen molar-refractivity contribution in [3.8, 4) is 28.2 Å². The molecule has 5 heteroatoms. The standard InChI is InChI=1S/C50H29N5/c1-51-32-29-30-36-35-17-5-10-23-42(35)54(48(36)31-32)43-24-11-6-18-37(43)49-39(52-2)20-13-26-45(49)55-44-25-12-7-19-38(44)50-46(27-14-28-47(50)55)53-40-21-8-3-15-33(40)34-16-4-9-22-41(34)53/h3-31H. The molecule has 0 spiro atoms. The molecule has 11 rings (SSSR count). The molecule has 0 bridgehead atoms. The van der Waals surface area contributed by atoms with E-state index in [1.165, 1.54) is 10.8 Å². The van der Waals surface area contributed by atoms with Gasteiger partial charge in [0, 0.05) is 49.1 Å². The number of hydrogen-bond acceptors (Lipinski definition) is 0. The second kappa shape index (κ2) is 11.8. The van der Waals surface area contributed by atoms with Crippen LogP contribution in [-0.2, 0) is 0 Å². The summed E-state index contributed by atoms with van der Waals surface area (Å²) in [6.45, 7) is 16.3. The third-order valence-electron chi connectivity index (χ3n) is 11.1. The molecule has 0 aliphatic carbocycles. The first-order valence-electron chi connectivity index (χ1n) is 18.3. The predicted octanol–water partition coefficient (Wildman–Crippen LogP) is 13.7. The number of nitrogens with zero attached hydrogens (tertiary/aromatic N) is 5. The van der Waals surface area contributed by atoms with Gasteiger partial charge in [0.25, 0.3) is 0 Å². The van der Waals surface area contributed by atoms with Gasteiger partial charge in [0.15, 0.2) is 11.4 Å². The average Bonchev–Trinajstić information content (AvgIpc) is 3.89. The molecule has 0 aliphatic rings. The van der Waals surface area contributed by atoms with Gasteiger partial charge >= 0.3 is 0 Å². The minimum Gasteiger partial charge on any atom is -0.310 e. The molecule has 8 aromatic carbocycles. The molecule has 3 aromatic heterocycles. The molecule has 0 radical (unpaired) electrons. The van der Waals surface area contributed by atoms with Crippen molar-refractivity contribution < 1.29 is 0 Å². The lowest BCUT2D eigenvalue weighted by atomic mass is 9.98. The van der Waals surface area contributed by atoms with E-state index in [2.05, 4.69) is 169 Å². The van der Waals surface area contributed by atoms with E-state index >= 15 is 0 Å². The van der Waals surface area contributed by atoms with Crippen molar-refractivity contribution in [2.75, 3.05) is 0 Å². The van der Waals surface area contributed by atoms with Gasteiger partial charge in [-0.1, -0.05) is 121 Å². The zero-order chi connectivity index (χ0) is 36.6. The summed E-state index contributed by atoms with van der Waals surface area (Å²) in [6, 6.07) is 61.2. The Bertz CT molecular complexity index is 3420. The molecule has 0 unspecified atom stereocenters. The van der Waals surface area contributed by atoms with Gasteiger partial charge in [-0.3, -0.25) is 0 Å². The van der Waals surface area contributed by atoms with Crippen LogP contribution in [0.5, 0.6) is 0 Å². The number of fused-ring (bicyclic) bond motifs is 9. The van der Waals surface area contributed by atoms with E-state index in [-0.39, 0.29) is 0 Å². The monoisotopic (exact) mass is 699 g/mol. The first kappa shape index (κ1) is 30.7. The number of para-hydroxylation sites is 5. The minimum absolute atomic E-state index is 0.567. The molecule has 0 atom stereocenters. The van der Waals surface area contributed by atoms with Gasteiger partial charge < -0.3 is 13.7 Å². The average molecular weight is 700 g/mol. The van der Waals surface area contributed by atoms with Crippen molar-refractivity contribution in [3.63, 3.8) is 0 Å². The summed E-state index contributed by atoms with van der Waals surface area (Å²) in [7, 11) is 0. The quantitative estimate of drug-likeness (QED) is 0.163. The van der Waals surface area contributed by atoms with Crippen LogP contribution >= 0.6 is 0 Å². The van der Waals surface area contributed by atoms with Crippen LogP contribution in [0.15, 0.2) is 176 Å². The van der Waals surface area contributed by atoms with Crippen LogP contribution in [0.2, 0.25) is 0 Å². The number of aromatic nitrogens is 3. The minimum atomic E-state index is 0.567. The maximum absolute atomic E-state index is 8.50. The lowest BCUT2D eigenvalue weighted by molar-refractivity contribution is 1.16. The highest BCUT2D eigenvalue weighted by molar-refractivity contribution is 6.17. The maximum Gasteiger partial charge on any atom is 0.197 e. The van der Waals surface area contributed by atoms with Gasteiger partial charge in [0.2, 0.25) is 0 Å². The summed E-state index contributed by atoms with van der Waals surface area (Å²) < 4.78 is 6.99. The SMILES string of the molecule is [C-]#[N+]c1ccc2c3ccccc3n(-c3ccccc3-c3c([N+]#[C-])cccc3-n3c4ccccc4c4c(-n5c6ccccc6c6ccccc65)cccc43)c2c1. The third kappa shape index (κ3) is 4.33. The van der Waals surface area contributed by atoms with Crippen molar-refractivity contribution in [1.82, 2.24) is 13.7 Å². The van der Waals surface area contributed by atoms with Crippen LogP contribution in [-0.4, -0.2) is 13.7 Å². The van der Waals surface area contributed by atoms with Gasteiger partial charge in [0.1, 0.15) is 0 Å². The highest BCUT2D eigenvalue weighted by Gasteiger charge is 2.24. The van der Waals surface area contributed by atoms with Crippen molar-refractivity contribution >= 4 is 76.8 Å². The van der Waals surface area contributed by atoms with Crippen LogP contribution in [0.3, 0.4) is 0 Å². The van der Waals surface area contributed by atoms with E-state index in [1.807, 2.05) is 30.3 Å². The van der Waals surface area contributed by atoms with Gasteiger partial charge in [-0.15, -0.1) is 0 Å². The van der Waals surface area contributed by atoms with E-state index < -0.39 is 0 Å². The van der Waals surface area contributed by atoms with Crippen molar-refractivity contribution in [2.24, 2.45) is 0 Å². The maximum atomic E-state index is 8.50. The van der Waals surface area contributed by atoms with Crippen LogP contribution in [0.4, 0.5) is 11.4 Å². The topological polar surface area (TPSA) is 23.5 Å². The lowest BCUT2D eigenvalue weighted by Crippen LogP contribution is -2.02. The molecular formula is C50H29N5. The van der Waals surface area contributed by atoms with E-state index in [9.17, 15) is 0 Å². The van der Waals surface area contributed by atoms with Crippen LogP contribution in [0.25, 0.3) is 103 Å². The van der Waals surface area contributed by atoms with E-state index in [1.54, 1.807) is 0 Å². The first-order valence-corrected chi connectivity index (χ1v) is 18.3. The van der Waals surface area contributed by atoms with Gasteiger partial charge in [-0.2, -0.15) is 0 Å². The van der Waals surface area contributed by atoms with Gasteiger partial charge in [0.05, 0.1) is 52.1 Å². The number of hydrogen-bond donors (Lipinski definition) is 0. The largest absolute Gasteiger partial charge is 0.310 e. The molecule has 0 aliphatic heterocycles. The van der Waals surface area contributed by atoms with Crippen LogP contribution < -0.4 is 0 Å². The summed E-state index contributed by atoms with van der Waals surface area (Å²) in [5.41, 5.74) is 12.3. The summed E-state index contributed by atoms with van der Waals surface area (Å²) >= 11 is 0. The number of rotatable bonds is 4. The Kier molecular flexibility index (Phi) is 6.61.